The van der Waals surface area contributed by atoms with Crippen molar-refractivity contribution in [2.75, 3.05) is 17.1 Å². The highest BCUT2D eigenvalue weighted by Crippen LogP contribution is 2.25. The van der Waals surface area contributed by atoms with Gasteiger partial charge in [0, 0.05) is 12.1 Å². The largest absolute Gasteiger partial charge is 0.457 e. The Kier molecular flexibility index (Phi) is 7.59. The number of hydrogen-bond donors (Lipinski definition) is 1. The lowest BCUT2D eigenvalue weighted by molar-refractivity contribution is -0.384. The Labute approximate surface area is 196 Å². The number of nitro benzene ring substituents is 1. The Morgan fingerprint density at radius 3 is 2.15 bits per heavy atom. The van der Waals surface area contributed by atoms with E-state index in [0.29, 0.717) is 22.8 Å². The van der Waals surface area contributed by atoms with Crippen LogP contribution in [0.3, 0.4) is 0 Å². The Balaban J connectivity index is 1.68. The van der Waals surface area contributed by atoms with Crippen molar-refractivity contribution >= 4 is 33.0 Å². The first-order valence-electron chi connectivity index (χ1n) is 10.0. The van der Waals surface area contributed by atoms with Crippen LogP contribution >= 0.6 is 0 Å². The van der Waals surface area contributed by atoms with Gasteiger partial charge in [0.15, 0.2) is 0 Å². The molecule has 3 aromatic carbocycles. The number of nitrogens with zero attached hydrogens (tertiary/aromatic N) is 3. The molecule has 10 nitrogen and oxygen atoms in total. The highest BCUT2D eigenvalue weighted by molar-refractivity contribution is 7.92. The van der Waals surface area contributed by atoms with Gasteiger partial charge in [-0.3, -0.25) is 19.2 Å². The molecule has 0 aliphatic carbocycles. The number of hydrazone groups is 1. The van der Waals surface area contributed by atoms with Gasteiger partial charge < -0.3 is 4.74 Å². The SMILES string of the molecule is CC(=NNC(=O)CN(c1ccc(Oc2ccccc2)cc1)S(C)(=O)=O)c1ccc([N+](=O)[O-])cc1. The fourth-order valence-corrected chi connectivity index (χ4v) is 3.76. The molecule has 34 heavy (non-hydrogen) atoms. The van der Waals surface area contributed by atoms with Crippen LogP contribution in [-0.4, -0.2) is 37.8 Å². The van der Waals surface area contributed by atoms with Crippen molar-refractivity contribution in [3.05, 3.63) is 94.5 Å². The highest BCUT2D eigenvalue weighted by Gasteiger charge is 2.21. The van der Waals surface area contributed by atoms with Gasteiger partial charge in [-0.05, 0) is 61.0 Å². The van der Waals surface area contributed by atoms with Gasteiger partial charge in [0.05, 0.1) is 22.6 Å². The van der Waals surface area contributed by atoms with Crippen LogP contribution in [0.1, 0.15) is 12.5 Å². The zero-order valence-electron chi connectivity index (χ0n) is 18.4. The van der Waals surface area contributed by atoms with Crippen molar-refractivity contribution < 1.29 is 22.9 Å². The summed E-state index contributed by atoms with van der Waals surface area (Å²) >= 11 is 0. The summed E-state index contributed by atoms with van der Waals surface area (Å²) in [7, 11) is -3.77. The fourth-order valence-electron chi connectivity index (χ4n) is 2.91. The van der Waals surface area contributed by atoms with Gasteiger partial charge in [0.25, 0.3) is 11.6 Å². The number of amides is 1. The Morgan fingerprint density at radius 2 is 1.59 bits per heavy atom. The van der Waals surface area contributed by atoms with Gasteiger partial charge in [-0.15, -0.1) is 0 Å². The van der Waals surface area contributed by atoms with E-state index in [9.17, 15) is 23.3 Å². The summed E-state index contributed by atoms with van der Waals surface area (Å²) in [6.07, 6.45) is 1.00. The maximum Gasteiger partial charge on any atom is 0.269 e. The van der Waals surface area contributed by atoms with Crippen LogP contribution in [0.25, 0.3) is 0 Å². The third kappa shape index (κ3) is 6.62. The van der Waals surface area contributed by atoms with Crippen LogP contribution in [0.5, 0.6) is 11.5 Å². The molecule has 0 aliphatic heterocycles. The lowest BCUT2D eigenvalue weighted by Crippen LogP contribution is -2.39. The molecule has 176 valence electrons. The van der Waals surface area contributed by atoms with Crippen LogP contribution in [0.15, 0.2) is 84.0 Å². The summed E-state index contributed by atoms with van der Waals surface area (Å²) in [6.45, 7) is 1.12. The average Bonchev–Trinajstić information content (AvgIpc) is 2.81. The molecule has 0 saturated heterocycles. The van der Waals surface area contributed by atoms with Crippen LogP contribution in [0, 0.1) is 10.1 Å². The van der Waals surface area contributed by atoms with Crippen LogP contribution in [0.4, 0.5) is 11.4 Å². The number of rotatable bonds is 9. The predicted molar refractivity (Wildman–Crippen MR) is 129 cm³/mol. The number of sulfonamides is 1. The van der Waals surface area contributed by atoms with Crippen molar-refractivity contribution in [1.29, 1.82) is 0 Å². The van der Waals surface area contributed by atoms with Crippen molar-refractivity contribution in [3.63, 3.8) is 0 Å². The number of nitro groups is 1. The molecule has 0 atom stereocenters. The van der Waals surface area contributed by atoms with E-state index in [2.05, 4.69) is 10.5 Å². The van der Waals surface area contributed by atoms with E-state index in [1.165, 1.54) is 36.4 Å². The molecule has 0 radical (unpaired) electrons. The molecule has 0 spiro atoms. The molecule has 0 unspecified atom stereocenters. The molecule has 0 saturated carbocycles. The Morgan fingerprint density at radius 1 is 1.00 bits per heavy atom. The number of carbonyl (C=O) groups excluding carboxylic acids is 1. The summed E-state index contributed by atoms with van der Waals surface area (Å²) in [5, 5.41) is 14.7. The standard InChI is InChI=1S/C23H22N4O6S/c1-17(18-8-10-20(11-9-18)27(29)30)24-25-23(28)16-26(34(2,31)32)19-12-14-22(15-13-19)33-21-6-4-3-5-7-21/h3-15H,16H2,1-2H3,(H,25,28). The number of carbonyl (C=O) groups is 1. The molecule has 11 heteroatoms. The first-order chi connectivity index (χ1) is 16.1. The first kappa shape index (κ1) is 24.4. The van der Waals surface area contributed by atoms with E-state index >= 15 is 0 Å². The molecule has 0 bridgehead atoms. The molecular formula is C23H22N4O6S. The van der Waals surface area contributed by atoms with Gasteiger partial charge >= 0.3 is 0 Å². The average molecular weight is 483 g/mol. The minimum atomic E-state index is -3.77. The predicted octanol–water partition coefficient (Wildman–Crippen LogP) is 3.69. The minimum Gasteiger partial charge on any atom is -0.457 e. The smallest absolute Gasteiger partial charge is 0.269 e. The molecule has 0 fully saturated rings. The maximum atomic E-state index is 12.4. The first-order valence-corrected chi connectivity index (χ1v) is 11.9. The van der Waals surface area contributed by atoms with E-state index < -0.39 is 27.4 Å². The quantitative estimate of drug-likeness (QED) is 0.281. The highest BCUT2D eigenvalue weighted by atomic mass is 32.2. The van der Waals surface area contributed by atoms with Gasteiger partial charge in [-0.25, -0.2) is 13.8 Å². The van der Waals surface area contributed by atoms with E-state index in [4.69, 9.17) is 4.74 Å². The fraction of sp³-hybridized carbons (Fsp3) is 0.130. The summed E-state index contributed by atoms with van der Waals surface area (Å²) in [6, 6.07) is 21.1. The molecule has 3 aromatic rings. The normalized spacial score (nSPS) is 11.5. The molecule has 3 rings (SSSR count). The number of hydrogen-bond acceptors (Lipinski definition) is 7. The van der Waals surface area contributed by atoms with Gasteiger partial charge in [0.2, 0.25) is 10.0 Å². The van der Waals surface area contributed by atoms with Crippen molar-refractivity contribution in [2.24, 2.45) is 5.10 Å². The summed E-state index contributed by atoms with van der Waals surface area (Å²) in [5.41, 5.74) is 3.51. The van der Waals surface area contributed by atoms with Gasteiger partial charge in [-0.1, -0.05) is 18.2 Å². The third-order valence-electron chi connectivity index (χ3n) is 4.64. The lowest BCUT2D eigenvalue weighted by Gasteiger charge is -2.21. The monoisotopic (exact) mass is 482 g/mol. The number of para-hydroxylation sites is 1. The zero-order valence-corrected chi connectivity index (χ0v) is 19.2. The van der Waals surface area contributed by atoms with Crippen molar-refractivity contribution in [2.45, 2.75) is 6.92 Å². The number of anilines is 1. The lowest BCUT2D eigenvalue weighted by atomic mass is 10.1. The maximum absolute atomic E-state index is 12.4. The van der Waals surface area contributed by atoms with Gasteiger partial charge in [0.1, 0.15) is 18.0 Å². The number of ether oxygens (including phenoxy) is 1. The number of benzene rings is 3. The Hall–Kier alpha value is -4.25. The molecule has 0 aliphatic rings. The summed E-state index contributed by atoms with van der Waals surface area (Å²) < 4.78 is 31.3. The van der Waals surface area contributed by atoms with Crippen LogP contribution in [-0.2, 0) is 14.8 Å². The third-order valence-corrected chi connectivity index (χ3v) is 5.78. The van der Waals surface area contributed by atoms with E-state index in [0.717, 1.165) is 10.6 Å². The second-order valence-electron chi connectivity index (χ2n) is 7.21. The second kappa shape index (κ2) is 10.6. The van der Waals surface area contributed by atoms with Gasteiger partial charge in [-0.2, -0.15) is 5.10 Å². The molecule has 0 aromatic heterocycles. The zero-order chi connectivity index (χ0) is 24.7. The Bertz CT molecular complexity index is 1290. The van der Waals surface area contributed by atoms with Crippen molar-refractivity contribution in [3.8, 4) is 11.5 Å². The molecule has 1 N–H and O–H groups in total. The summed E-state index contributed by atoms with van der Waals surface area (Å²) in [5.74, 6) is 0.489. The van der Waals surface area contributed by atoms with Crippen molar-refractivity contribution in [1.82, 2.24) is 5.43 Å². The van der Waals surface area contributed by atoms with E-state index in [1.807, 2.05) is 18.2 Å². The topological polar surface area (TPSA) is 131 Å². The molecule has 1 amide bonds. The van der Waals surface area contributed by atoms with Crippen LogP contribution < -0.4 is 14.5 Å². The molecular weight excluding hydrogens is 460 g/mol. The van der Waals surface area contributed by atoms with E-state index in [1.54, 1.807) is 31.2 Å². The van der Waals surface area contributed by atoms with Crippen LogP contribution in [0.2, 0.25) is 0 Å². The second-order valence-corrected chi connectivity index (χ2v) is 9.12. The minimum absolute atomic E-state index is 0.0652. The number of non-ortho nitro benzene ring substituents is 1. The number of nitrogens with one attached hydrogen (secondary N) is 1. The summed E-state index contributed by atoms with van der Waals surface area (Å²) in [4.78, 5) is 22.7. The van der Waals surface area contributed by atoms with E-state index in [-0.39, 0.29) is 11.4 Å². The molecule has 0 heterocycles.